The molecular weight excluding hydrogens is 406 g/mol. The Bertz CT molecular complexity index is 1290. The Hall–Kier alpha value is -4.27. The first-order valence-electron chi connectivity index (χ1n) is 10.3. The lowest BCUT2D eigenvalue weighted by Gasteiger charge is -2.34. The molecule has 1 aliphatic heterocycles. The lowest BCUT2D eigenvalue weighted by Crippen LogP contribution is -2.49. The summed E-state index contributed by atoms with van der Waals surface area (Å²) in [7, 11) is 0. The molecule has 9 nitrogen and oxygen atoms in total. The monoisotopic (exact) mass is 427 g/mol. The van der Waals surface area contributed by atoms with Gasteiger partial charge in [-0.2, -0.15) is 0 Å². The number of primary amides is 1. The van der Waals surface area contributed by atoms with Gasteiger partial charge in [0, 0.05) is 49.7 Å². The average molecular weight is 427 g/mol. The highest BCUT2D eigenvalue weighted by atomic mass is 16.2. The Morgan fingerprint density at radius 2 is 1.69 bits per heavy atom. The van der Waals surface area contributed by atoms with Crippen LogP contribution in [0.25, 0.3) is 22.4 Å². The Kier molecular flexibility index (Phi) is 4.98. The normalized spacial score (nSPS) is 14.0. The molecule has 160 valence electrons. The maximum Gasteiger partial charge on any atom is 0.253 e. The van der Waals surface area contributed by atoms with E-state index in [0.29, 0.717) is 60.1 Å². The smallest absolute Gasteiger partial charge is 0.253 e. The van der Waals surface area contributed by atoms with E-state index in [0.717, 1.165) is 5.56 Å². The van der Waals surface area contributed by atoms with E-state index in [4.69, 9.17) is 5.73 Å². The third-order valence-electron chi connectivity index (χ3n) is 5.56. The fourth-order valence-corrected chi connectivity index (χ4v) is 3.91. The fraction of sp³-hybridized carbons (Fsp3) is 0.174. The van der Waals surface area contributed by atoms with Gasteiger partial charge in [0.2, 0.25) is 5.95 Å². The van der Waals surface area contributed by atoms with Gasteiger partial charge in [0.15, 0.2) is 0 Å². The van der Waals surface area contributed by atoms with Gasteiger partial charge >= 0.3 is 0 Å². The van der Waals surface area contributed by atoms with Gasteiger partial charge in [-0.05, 0) is 30.3 Å². The molecule has 2 amide bonds. The largest absolute Gasteiger partial charge is 0.366 e. The number of piperazine rings is 1. The number of nitrogens with two attached hydrogens (primary N) is 1. The lowest BCUT2D eigenvalue weighted by atomic mass is 10.1. The van der Waals surface area contributed by atoms with E-state index in [1.165, 1.54) is 0 Å². The third kappa shape index (κ3) is 3.64. The second kappa shape index (κ2) is 8.10. The molecule has 2 aromatic heterocycles. The summed E-state index contributed by atoms with van der Waals surface area (Å²) >= 11 is 0. The minimum absolute atomic E-state index is 0.0329. The molecule has 1 fully saturated rings. The van der Waals surface area contributed by atoms with Crippen LogP contribution in [-0.4, -0.2) is 62.8 Å². The zero-order chi connectivity index (χ0) is 22.1. The molecule has 1 saturated heterocycles. The molecule has 0 radical (unpaired) electrons. The summed E-state index contributed by atoms with van der Waals surface area (Å²) in [4.78, 5) is 45.1. The number of fused-ring (bicyclic) bond motifs is 1. The second-order valence-electron chi connectivity index (χ2n) is 7.56. The number of hydrogen-bond donors (Lipinski definition) is 2. The summed E-state index contributed by atoms with van der Waals surface area (Å²) in [6.07, 6.45) is 3.44. The van der Waals surface area contributed by atoms with Crippen molar-refractivity contribution in [2.45, 2.75) is 0 Å². The van der Waals surface area contributed by atoms with E-state index < -0.39 is 5.91 Å². The minimum Gasteiger partial charge on any atom is -0.366 e. The van der Waals surface area contributed by atoms with E-state index in [1.807, 2.05) is 29.2 Å². The van der Waals surface area contributed by atoms with Gasteiger partial charge in [-0.1, -0.05) is 18.2 Å². The molecule has 0 saturated carbocycles. The third-order valence-corrected chi connectivity index (χ3v) is 5.56. The molecule has 0 unspecified atom stereocenters. The molecule has 3 N–H and O–H groups in total. The Morgan fingerprint density at radius 1 is 0.938 bits per heavy atom. The number of imidazole rings is 1. The molecule has 0 bridgehead atoms. The first kappa shape index (κ1) is 19.7. The molecule has 3 heterocycles. The molecule has 0 aliphatic carbocycles. The molecule has 32 heavy (non-hydrogen) atoms. The maximum atomic E-state index is 13.1. The number of aromatic amines is 1. The average Bonchev–Trinajstić information content (AvgIpc) is 3.29. The molecule has 5 rings (SSSR count). The summed E-state index contributed by atoms with van der Waals surface area (Å²) in [5.74, 6) is 0.697. The van der Waals surface area contributed by atoms with Crippen molar-refractivity contribution in [3.63, 3.8) is 0 Å². The number of rotatable bonds is 4. The lowest BCUT2D eigenvalue weighted by molar-refractivity contribution is 0.0746. The van der Waals surface area contributed by atoms with Crippen molar-refractivity contribution in [1.82, 2.24) is 24.8 Å². The number of para-hydroxylation sites is 1. The zero-order valence-electron chi connectivity index (χ0n) is 17.2. The highest BCUT2D eigenvalue weighted by molar-refractivity contribution is 6.04. The van der Waals surface area contributed by atoms with Crippen molar-refractivity contribution in [2.24, 2.45) is 5.73 Å². The van der Waals surface area contributed by atoms with Crippen molar-refractivity contribution < 1.29 is 9.59 Å². The number of nitrogens with zero attached hydrogens (tertiary/aromatic N) is 5. The summed E-state index contributed by atoms with van der Waals surface area (Å²) < 4.78 is 0. The Balaban J connectivity index is 1.35. The number of aromatic nitrogens is 4. The van der Waals surface area contributed by atoms with Crippen LogP contribution in [-0.2, 0) is 0 Å². The van der Waals surface area contributed by atoms with Gasteiger partial charge in [0.1, 0.15) is 11.3 Å². The SMILES string of the molecule is NC(=O)c1cccc2[nH]c(-c3cccc(C(=O)N4CCN(c5ncccn5)CC4)c3)nc12. The predicted octanol–water partition coefficient (Wildman–Crippen LogP) is 2.08. The summed E-state index contributed by atoms with van der Waals surface area (Å²) in [5, 5.41) is 0. The number of H-pyrrole nitrogens is 1. The van der Waals surface area contributed by atoms with Crippen LogP contribution in [0.2, 0.25) is 0 Å². The summed E-state index contributed by atoms with van der Waals surface area (Å²) in [5.41, 5.74) is 8.41. The predicted molar refractivity (Wildman–Crippen MR) is 120 cm³/mol. The van der Waals surface area contributed by atoms with Crippen molar-refractivity contribution in [2.75, 3.05) is 31.1 Å². The first-order chi connectivity index (χ1) is 15.6. The van der Waals surface area contributed by atoms with Crippen LogP contribution in [0.15, 0.2) is 60.9 Å². The van der Waals surface area contributed by atoms with Crippen molar-refractivity contribution in [3.05, 3.63) is 72.1 Å². The number of carbonyl (C=O) groups excluding carboxylic acids is 2. The van der Waals surface area contributed by atoms with Gasteiger partial charge in [0.25, 0.3) is 11.8 Å². The Morgan fingerprint density at radius 3 is 2.44 bits per heavy atom. The number of amides is 2. The highest BCUT2D eigenvalue weighted by Gasteiger charge is 2.24. The minimum atomic E-state index is -0.530. The van der Waals surface area contributed by atoms with Gasteiger partial charge in [-0.15, -0.1) is 0 Å². The van der Waals surface area contributed by atoms with Gasteiger partial charge < -0.3 is 20.5 Å². The van der Waals surface area contributed by atoms with Crippen molar-refractivity contribution in [3.8, 4) is 11.4 Å². The van der Waals surface area contributed by atoms with Crippen molar-refractivity contribution in [1.29, 1.82) is 0 Å². The number of anilines is 1. The van der Waals surface area contributed by atoms with Crippen molar-refractivity contribution >= 4 is 28.8 Å². The van der Waals surface area contributed by atoms with Gasteiger partial charge in [-0.3, -0.25) is 9.59 Å². The molecule has 0 atom stereocenters. The van der Waals surface area contributed by atoms with E-state index >= 15 is 0 Å². The quantitative estimate of drug-likeness (QED) is 0.514. The highest BCUT2D eigenvalue weighted by Crippen LogP contribution is 2.24. The molecular formula is C23H21N7O2. The van der Waals surface area contributed by atoms with Crippen LogP contribution < -0.4 is 10.6 Å². The van der Waals surface area contributed by atoms with E-state index in [-0.39, 0.29) is 5.91 Å². The first-order valence-corrected chi connectivity index (χ1v) is 10.3. The van der Waals surface area contributed by atoms with Crippen LogP contribution in [0.4, 0.5) is 5.95 Å². The maximum absolute atomic E-state index is 13.1. The van der Waals surface area contributed by atoms with Gasteiger partial charge in [0.05, 0.1) is 11.1 Å². The number of benzene rings is 2. The topological polar surface area (TPSA) is 121 Å². The van der Waals surface area contributed by atoms with E-state index in [1.54, 1.807) is 36.7 Å². The molecule has 4 aromatic rings. The Labute approximate surface area is 183 Å². The van der Waals surface area contributed by atoms with Crippen LogP contribution in [0.3, 0.4) is 0 Å². The number of nitrogens with one attached hydrogen (secondary N) is 1. The molecule has 9 heteroatoms. The second-order valence-corrected chi connectivity index (χ2v) is 7.56. The number of hydrogen-bond acceptors (Lipinski definition) is 6. The van der Waals surface area contributed by atoms with Crippen LogP contribution in [0.1, 0.15) is 20.7 Å². The molecule has 0 spiro atoms. The van der Waals surface area contributed by atoms with Gasteiger partial charge in [-0.25, -0.2) is 15.0 Å². The number of carbonyl (C=O) groups is 2. The summed E-state index contributed by atoms with van der Waals surface area (Å²) in [6, 6.07) is 14.4. The standard InChI is InChI=1S/C23H21N7O2/c24-20(31)17-6-2-7-18-19(17)28-21(27-18)15-4-1-5-16(14-15)22(32)29-10-12-30(13-11-29)23-25-8-3-9-26-23/h1-9,14H,10-13H2,(H2,24,31)(H,27,28). The summed E-state index contributed by atoms with van der Waals surface area (Å²) in [6.45, 7) is 2.53. The fourth-order valence-electron chi connectivity index (χ4n) is 3.91. The van der Waals surface area contributed by atoms with Crippen LogP contribution >= 0.6 is 0 Å². The van der Waals surface area contributed by atoms with Crippen LogP contribution in [0, 0.1) is 0 Å². The van der Waals surface area contributed by atoms with Crippen LogP contribution in [0.5, 0.6) is 0 Å². The molecule has 2 aromatic carbocycles. The molecule has 1 aliphatic rings. The van der Waals surface area contributed by atoms with E-state index in [9.17, 15) is 9.59 Å². The zero-order valence-corrected chi connectivity index (χ0v) is 17.2. The van der Waals surface area contributed by atoms with E-state index in [2.05, 4.69) is 24.8 Å².